The van der Waals surface area contributed by atoms with E-state index in [9.17, 15) is 13.6 Å². The van der Waals surface area contributed by atoms with Crippen LogP contribution in [0.25, 0.3) is 17.2 Å². The number of benzene rings is 2. The minimum Gasteiger partial charge on any atom is -0.478 e. The van der Waals surface area contributed by atoms with Crippen LogP contribution in [0.3, 0.4) is 0 Å². The molecule has 0 saturated heterocycles. The zero-order chi connectivity index (χ0) is 13.8. The highest BCUT2D eigenvalue weighted by Gasteiger charge is 2.08. The van der Waals surface area contributed by atoms with Crippen molar-refractivity contribution in [3.63, 3.8) is 0 Å². The highest BCUT2D eigenvalue weighted by Crippen LogP contribution is 2.25. The summed E-state index contributed by atoms with van der Waals surface area (Å²) in [4.78, 5) is 10.4. The summed E-state index contributed by atoms with van der Waals surface area (Å²) in [6.07, 6.45) is 2.05. The fraction of sp³-hybridized carbons (Fsp3) is 0. The van der Waals surface area contributed by atoms with E-state index in [2.05, 4.69) is 0 Å². The molecule has 0 fully saturated rings. The molecule has 2 aromatic rings. The summed E-state index contributed by atoms with van der Waals surface area (Å²) in [6.45, 7) is 0. The van der Waals surface area contributed by atoms with Crippen LogP contribution in [0.4, 0.5) is 8.78 Å². The minimum atomic E-state index is -1.15. The molecule has 2 rings (SSSR count). The SMILES string of the molecule is O=C(O)C=Cc1cccc(-c2ccc(F)cc2)c1F. The molecule has 2 nitrogen and oxygen atoms in total. The first-order valence-electron chi connectivity index (χ1n) is 5.53. The van der Waals surface area contributed by atoms with Gasteiger partial charge in [-0.15, -0.1) is 0 Å². The topological polar surface area (TPSA) is 37.3 Å². The molecule has 4 heteroatoms. The first-order valence-corrected chi connectivity index (χ1v) is 5.53. The van der Waals surface area contributed by atoms with E-state index in [4.69, 9.17) is 5.11 Å². The molecule has 0 radical (unpaired) electrons. The van der Waals surface area contributed by atoms with Gasteiger partial charge < -0.3 is 5.11 Å². The molecule has 1 N–H and O–H groups in total. The van der Waals surface area contributed by atoms with Gasteiger partial charge >= 0.3 is 5.97 Å². The van der Waals surface area contributed by atoms with Gasteiger partial charge in [0.15, 0.2) is 0 Å². The molecule has 0 bridgehead atoms. The normalized spacial score (nSPS) is 10.8. The summed E-state index contributed by atoms with van der Waals surface area (Å²) in [5.74, 6) is -2.08. The zero-order valence-corrected chi connectivity index (χ0v) is 9.81. The maximum atomic E-state index is 14.2. The van der Waals surface area contributed by atoms with Gasteiger partial charge in [-0.2, -0.15) is 0 Å². The molecule has 0 aliphatic carbocycles. The van der Waals surface area contributed by atoms with E-state index in [1.54, 1.807) is 12.1 Å². The number of rotatable bonds is 3. The van der Waals surface area contributed by atoms with Gasteiger partial charge in [0.1, 0.15) is 11.6 Å². The van der Waals surface area contributed by atoms with Crippen LogP contribution in [0.15, 0.2) is 48.5 Å². The van der Waals surface area contributed by atoms with Crippen molar-refractivity contribution in [3.8, 4) is 11.1 Å². The summed E-state index contributed by atoms with van der Waals surface area (Å²) in [5.41, 5.74) is 1.00. The Kier molecular flexibility index (Phi) is 3.71. The largest absolute Gasteiger partial charge is 0.478 e. The average molecular weight is 260 g/mol. The quantitative estimate of drug-likeness (QED) is 0.854. The molecule has 0 aliphatic rings. The number of aliphatic carboxylic acids is 1. The predicted octanol–water partition coefficient (Wildman–Crippen LogP) is 3.73. The van der Waals surface area contributed by atoms with Gasteiger partial charge in [0.05, 0.1) is 0 Å². The van der Waals surface area contributed by atoms with Gasteiger partial charge in [-0.25, -0.2) is 13.6 Å². The van der Waals surface area contributed by atoms with Gasteiger partial charge in [0.25, 0.3) is 0 Å². The van der Waals surface area contributed by atoms with Crippen LogP contribution < -0.4 is 0 Å². The molecule has 96 valence electrons. The maximum Gasteiger partial charge on any atom is 0.328 e. The van der Waals surface area contributed by atoms with Crippen LogP contribution in [0, 0.1) is 11.6 Å². The standard InChI is InChI=1S/C15H10F2O2/c16-12-7-4-10(5-8-12)13-3-1-2-11(15(13)17)6-9-14(18)19/h1-9H,(H,18,19). The van der Waals surface area contributed by atoms with E-state index < -0.39 is 17.6 Å². The van der Waals surface area contributed by atoms with Crippen LogP contribution in [0.1, 0.15) is 5.56 Å². The summed E-state index contributed by atoms with van der Waals surface area (Å²) in [5, 5.41) is 8.53. The number of hydrogen-bond donors (Lipinski definition) is 1. The second kappa shape index (κ2) is 5.44. The molecule has 19 heavy (non-hydrogen) atoms. The first-order chi connectivity index (χ1) is 9.08. The lowest BCUT2D eigenvalue weighted by Gasteiger charge is -2.05. The summed E-state index contributed by atoms with van der Waals surface area (Å²) in [7, 11) is 0. The third kappa shape index (κ3) is 3.04. The summed E-state index contributed by atoms with van der Waals surface area (Å²) < 4.78 is 27.0. The molecule has 0 aliphatic heterocycles. The Labute approximate surface area is 108 Å². The van der Waals surface area contributed by atoms with Crippen molar-refractivity contribution in [3.05, 3.63) is 65.7 Å². The highest BCUT2D eigenvalue weighted by molar-refractivity contribution is 5.85. The number of halogens is 2. The van der Waals surface area contributed by atoms with Crippen molar-refractivity contribution in [1.82, 2.24) is 0 Å². The van der Waals surface area contributed by atoms with Gasteiger partial charge in [-0.05, 0) is 23.8 Å². The van der Waals surface area contributed by atoms with E-state index in [1.807, 2.05) is 0 Å². The minimum absolute atomic E-state index is 0.171. The fourth-order valence-electron chi connectivity index (χ4n) is 1.69. The Balaban J connectivity index is 2.45. The van der Waals surface area contributed by atoms with Crippen LogP contribution in [0.5, 0.6) is 0 Å². The molecule has 0 saturated carbocycles. The molecule has 0 aromatic heterocycles. The smallest absolute Gasteiger partial charge is 0.328 e. The lowest BCUT2D eigenvalue weighted by molar-refractivity contribution is -0.131. The van der Waals surface area contributed by atoms with Crippen LogP contribution in [-0.2, 0) is 4.79 Å². The van der Waals surface area contributed by atoms with E-state index in [1.165, 1.54) is 36.4 Å². The molecular weight excluding hydrogens is 250 g/mol. The van der Waals surface area contributed by atoms with E-state index in [0.717, 1.165) is 6.08 Å². The van der Waals surface area contributed by atoms with Crippen LogP contribution in [0.2, 0.25) is 0 Å². The van der Waals surface area contributed by atoms with Crippen molar-refractivity contribution in [1.29, 1.82) is 0 Å². The molecule has 0 atom stereocenters. The monoisotopic (exact) mass is 260 g/mol. The van der Waals surface area contributed by atoms with E-state index in [0.29, 0.717) is 11.1 Å². The molecular formula is C15H10F2O2. The Hall–Kier alpha value is -2.49. The van der Waals surface area contributed by atoms with Crippen molar-refractivity contribution >= 4 is 12.0 Å². The van der Waals surface area contributed by atoms with E-state index in [-0.39, 0.29) is 5.56 Å². The summed E-state index contributed by atoms with van der Waals surface area (Å²) >= 11 is 0. The number of carboxylic acids is 1. The van der Waals surface area contributed by atoms with Crippen LogP contribution in [-0.4, -0.2) is 11.1 Å². The van der Waals surface area contributed by atoms with E-state index >= 15 is 0 Å². The van der Waals surface area contributed by atoms with Crippen molar-refractivity contribution < 1.29 is 18.7 Å². The second-order valence-corrected chi connectivity index (χ2v) is 3.89. The Morgan fingerprint density at radius 2 is 1.74 bits per heavy atom. The maximum absolute atomic E-state index is 14.2. The molecule has 0 heterocycles. The molecule has 0 amide bonds. The number of carboxylic acid groups (broad SMARTS) is 1. The second-order valence-electron chi connectivity index (χ2n) is 3.89. The van der Waals surface area contributed by atoms with Gasteiger partial charge in [0, 0.05) is 17.2 Å². The third-order valence-corrected chi connectivity index (χ3v) is 2.59. The number of hydrogen-bond acceptors (Lipinski definition) is 1. The average Bonchev–Trinajstić information content (AvgIpc) is 2.39. The van der Waals surface area contributed by atoms with Crippen LogP contribution >= 0.6 is 0 Å². The van der Waals surface area contributed by atoms with Crippen molar-refractivity contribution in [2.45, 2.75) is 0 Å². The molecule has 0 spiro atoms. The van der Waals surface area contributed by atoms with Gasteiger partial charge in [0.2, 0.25) is 0 Å². The number of carbonyl (C=O) groups is 1. The Morgan fingerprint density at radius 1 is 1.05 bits per heavy atom. The Bertz CT molecular complexity index is 631. The lowest BCUT2D eigenvalue weighted by Crippen LogP contribution is -1.91. The molecule has 0 unspecified atom stereocenters. The van der Waals surface area contributed by atoms with Gasteiger partial charge in [-0.1, -0.05) is 30.3 Å². The zero-order valence-electron chi connectivity index (χ0n) is 9.81. The van der Waals surface area contributed by atoms with Crippen molar-refractivity contribution in [2.75, 3.05) is 0 Å². The first kappa shape index (κ1) is 13.0. The molecule has 2 aromatic carbocycles. The van der Waals surface area contributed by atoms with Crippen molar-refractivity contribution in [2.24, 2.45) is 0 Å². The Morgan fingerprint density at radius 3 is 2.37 bits per heavy atom. The lowest BCUT2D eigenvalue weighted by atomic mass is 10.0. The highest BCUT2D eigenvalue weighted by atomic mass is 19.1. The van der Waals surface area contributed by atoms with Gasteiger partial charge in [-0.3, -0.25) is 0 Å². The predicted molar refractivity (Wildman–Crippen MR) is 68.5 cm³/mol. The fourth-order valence-corrected chi connectivity index (χ4v) is 1.69. The summed E-state index contributed by atoms with van der Waals surface area (Å²) in [6, 6.07) is 10.1. The third-order valence-electron chi connectivity index (χ3n) is 2.59.